The number of aryl methyl sites for hydroxylation is 1. The smallest absolute Gasteiger partial charge is 0.174 e. The summed E-state index contributed by atoms with van der Waals surface area (Å²) in [5, 5.41) is 0. The Bertz CT molecular complexity index is 571. The minimum Gasteiger partial charge on any atom is -0.365 e. The summed E-state index contributed by atoms with van der Waals surface area (Å²) in [7, 11) is 0. The Morgan fingerprint density at radius 3 is 2.52 bits per heavy atom. The summed E-state index contributed by atoms with van der Waals surface area (Å²) in [6.45, 7) is 10.0. The normalized spacial score (nSPS) is 12.5. The molecule has 0 unspecified atom stereocenters. The predicted octanol–water partition coefficient (Wildman–Crippen LogP) is 5.08. The van der Waals surface area contributed by atoms with Crippen molar-refractivity contribution in [1.29, 1.82) is 0 Å². The zero-order valence-corrected chi connectivity index (χ0v) is 14.4. The molecule has 1 aliphatic heterocycles. The minimum absolute atomic E-state index is 0.699. The van der Waals surface area contributed by atoms with Crippen LogP contribution >= 0.6 is 12.2 Å². The molecule has 0 fully saturated rings. The lowest BCUT2D eigenvalue weighted by atomic mass is 10.0. The van der Waals surface area contributed by atoms with E-state index in [1.54, 1.807) is 0 Å². The molecule has 21 heavy (non-hydrogen) atoms. The van der Waals surface area contributed by atoms with Crippen LogP contribution in [0, 0.1) is 4.77 Å². The molecule has 0 aliphatic carbocycles. The number of imidazole rings is 1. The number of para-hydroxylation sites is 1. The van der Waals surface area contributed by atoms with E-state index < -0.39 is 0 Å². The number of H-pyrrole nitrogens is 2. The van der Waals surface area contributed by atoms with Crippen molar-refractivity contribution in [2.45, 2.75) is 47.1 Å². The lowest BCUT2D eigenvalue weighted by molar-refractivity contribution is 0.685. The zero-order chi connectivity index (χ0) is 15.7. The van der Waals surface area contributed by atoms with Crippen LogP contribution in [0.15, 0.2) is 30.5 Å². The number of nitrogens with one attached hydrogen (secondary N) is 2. The van der Waals surface area contributed by atoms with Gasteiger partial charge >= 0.3 is 0 Å². The Hall–Kier alpha value is -1.55. The van der Waals surface area contributed by atoms with E-state index in [2.05, 4.69) is 39.1 Å². The number of anilines is 1. The summed E-state index contributed by atoms with van der Waals surface area (Å²) in [5.41, 5.74) is 3.96. The molecule has 3 nitrogen and oxygen atoms in total. The quantitative estimate of drug-likeness (QED) is 0.759. The summed E-state index contributed by atoms with van der Waals surface area (Å²) in [5.74, 6) is 0. The zero-order valence-electron chi connectivity index (χ0n) is 13.6. The number of aromatic amines is 2. The second kappa shape index (κ2) is 9.40. The number of benzene rings is 1. The molecule has 1 aromatic heterocycles. The third kappa shape index (κ3) is 4.74. The highest BCUT2D eigenvalue weighted by molar-refractivity contribution is 7.71. The van der Waals surface area contributed by atoms with Crippen molar-refractivity contribution in [2.24, 2.45) is 0 Å². The SMILES string of the molecule is CC.CC.S=c1[nH]cc(CN2CCCc3ccccc32)[nH]1. The molecular weight excluding hydrogens is 278 g/mol. The Morgan fingerprint density at radius 1 is 1.14 bits per heavy atom. The van der Waals surface area contributed by atoms with Gasteiger partial charge in [0.25, 0.3) is 0 Å². The third-order valence-corrected chi connectivity index (χ3v) is 3.44. The Morgan fingerprint density at radius 2 is 1.86 bits per heavy atom. The van der Waals surface area contributed by atoms with Gasteiger partial charge in [-0.05, 0) is 36.7 Å². The maximum absolute atomic E-state index is 5.05. The highest BCUT2D eigenvalue weighted by Gasteiger charge is 2.16. The van der Waals surface area contributed by atoms with E-state index >= 15 is 0 Å². The second-order valence-corrected chi connectivity index (χ2v) is 4.83. The van der Waals surface area contributed by atoms with Crippen LogP contribution in [0.25, 0.3) is 0 Å². The van der Waals surface area contributed by atoms with Gasteiger partial charge in [0.2, 0.25) is 0 Å². The molecule has 0 amide bonds. The van der Waals surface area contributed by atoms with Gasteiger partial charge in [-0.15, -0.1) is 0 Å². The first kappa shape index (κ1) is 17.5. The molecule has 116 valence electrons. The van der Waals surface area contributed by atoms with E-state index in [9.17, 15) is 0 Å². The molecule has 0 saturated heterocycles. The van der Waals surface area contributed by atoms with Crippen LogP contribution in [0.3, 0.4) is 0 Å². The van der Waals surface area contributed by atoms with E-state index in [-0.39, 0.29) is 0 Å². The van der Waals surface area contributed by atoms with Crippen LogP contribution < -0.4 is 4.90 Å². The average Bonchev–Trinajstić information content (AvgIpc) is 2.97. The lowest BCUT2D eigenvalue weighted by Gasteiger charge is -2.30. The van der Waals surface area contributed by atoms with Gasteiger partial charge in [-0.2, -0.15) is 0 Å². The van der Waals surface area contributed by atoms with Crippen molar-refractivity contribution in [1.82, 2.24) is 9.97 Å². The van der Waals surface area contributed by atoms with Crippen LogP contribution in [0.1, 0.15) is 45.4 Å². The van der Waals surface area contributed by atoms with Crippen LogP contribution in [-0.4, -0.2) is 16.5 Å². The summed E-state index contributed by atoms with van der Waals surface area (Å²) >= 11 is 5.05. The summed E-state index contributed by atoms with van der Waals surface area (Å²) < 4.78 is 0.699. The molecule has 3 rings (SSSR count). The number of nitrogens with zero attached hydrogens (tertiary/aromatic N) is 1. The molecule has 0 atom stereocenters. The second-order valence-electron chi connectivity index (χ2n) is 4.42. The van der Waals surface area contributed by atoms with Crippen molar-refractivity contribution < 1.29 is 0 Å². The van der Waals surface area contributed by atoms with E-state index in [0.717, 1.165) is 18.8 Å². The first-order valence-corrected chi connectivity index (χ1v) is 8.33. The predicted molar refractivity (Wildman–Crippen MR) is 94.5 cm³/mol. The highest BCUT2D eigenvalue weighted by atomic mass is 32.1. The largest absolute Gasteiger partial charge is 0.365 e. The van der Waals surface area contributed by atoms with Gasteiger partial charge in [-0.3, -0.25) is 0 Å². The van der Waals surface area contributed by atoms with Gasteiger partial charge < -0.3 is 14.9 Å². The molecule has 2 aromatic rings. The third-order valence-electron chi connectivity index (χ3n) is 3.22. The molecule has 2 heterocycles. The molecule has 0 radical (unpaired) electrons. The first-order chi connectivity index (χ1) is 10.3. The lowest BCUT2D eigenvalue weighted by Crippen LogP contribution is -2.28. The van der Waals surface area contributed by atoms with Crippen molar-refractivity contribution in [2.75, 3.05) is 11.4 Å². The number of hydrogen-bond acceptors (Lipinski definition) is 2. The number of hydrogen-bond donors (Lipinski definition) is 2. The van der Waals surface area contributed by atoms with Crippen LogP contribution in [0.4, 0.5) is 5.69 Å². The van der Waals surface area contributed by atoms with Gasteiger partial charge in [0.05, 0.1) is 12.2 Å². The summed E-state index contributed by atoms with van der Waals surface area (Å²) in [6.07, 6.45) is 4.37. The number of fused-ring (bicyclic) bond motifs is 1. The van der Waals surface area contributed by atoms with Crippen LogP contribution in [-0.2, 0) is 13.0 Å². The molecule has 2 N–H and O–H groups in total. The summed E-state index contributed by atoms with van der Waals surface area (Å²) in [4.78, 5) is 8.60. The molecule has 1 aliphatic rings. The van der Waals surface area contributed by atoms with Crippen molar-refractivity contribution in [3.8, 4) is 0 Å². The van der Waals surface area contributed by atoms with Gasteiger partial charge in [0.1, 0.15) is 0 Å². The number of rotatable bonds is 2. The monoisotopic (exact) mass is 305 g/mol. The molecule has 4 heteroatoms. The van der Waals surface area contributed by atoms with Gasteiger partial charge in [0, 0.05) is 18.4 Å². The Balaban J connectivity index is 0.000000510. The van der Waals surface area contributed by atoms with Gasteiger partial charge in [0.15, 0.2) is 4.77 Å². The molecule has 1 aromatic carbocycles. The maximum Gasteiger partial charge on any atom is 0.174 e. The fraction of sp³-hybridized carbons (Fsp3) is 0.471. The molecule has 0 bridgehead atoms. The molecular formula is C17H27N3S. The fourth-order valence-corrected chi connectivity index (χ4v) is 2.63. The first-order valence-electron chi connectivity index (χ1n) is 7.92. The van der Waals surface area contributed by atoms with Gasteiger partial charge in [-0.1, -0.05) is 45.9 Å². The van der Waals surface area contributed by atoms with Gasteiger partial charge in [-0.25, -0.2) is 0 Å². The van der Waals surface area contributed by atoms with E-state index in [4.69, 9.17) is 12.2 Å². The Kier molecular flexibility index (Phi) is 7.83. The standard InChI is InChI=1S/C13H15N3S.2C2H6/c17-13-14-8-11(15-13)9-16-7-3-5-10-4-1-2-6-12(10)16;2*1-2/h1-2,4,6,8H,3,5,7,9H2,(H2,14,15,17);2*1-2H3. The maximum atomic E-state index is 5.05. The van der Waals surface area contributed by atoms with Crippen LogP contribution in [0.2, 0.25) is 0 Å². The molecule has 0 saturated carbocycles. The molecule has 0 spiro atoms. The Labute approximate surface area is 133 Å². The van der Waals surface area contributed by atoms with Crippen molar-refractivity contribution in [3.05, 3.63) is 46.5 Å². The topological polar surface area (TPSA) is 34.8 Å². The summed E-state index contributed by atoms with van der Waals surface area (Å²) in [6, 6.07) is 8.65. The van der Waals surface area contributed by atoms with E-state index in [1.165, 1.54) is 24.1 Å². The van der Waals surface area contributed by atoms with E-state index in [1.807, 2.05) is 33.9 Å². The van der Waals surface area contributed by atoms with Crippen LogP contribution in [0.5, 0.6) is 0 Å². The fourth-order valence-electron chi connectivity index (χ4n) is 2.44. The van der Waals surface area contributed by atoms with Crippen molar-refractivity contribution >= 4 is 17.9 Å². The number of aromatic nitrogens is 2. The van der Waals surface area contributed by atoms with E-state index in [0.29, 0.717) is 4.77 Å². The van der Waals surface area contributed by atoms with Crippen molar-refractivity contribution in [3.63, 3.8) is 0 Å². The average molecular weight is 305 g/mol. The highest BCUT2D eigenvalue weighted by Crippen LogP contribution is 2.27. The minimum atomic E-state index is 0.699.